The van der Waals surface area contributed by atoms with E-state index in [9.17, 15) is 14.4 Å². The molecule has 1 amide bonds. The molecular weight excluding hydrogens is 442 g/mol. The molecule has 6 nitrogen and oxygen atoms in total. The minimum Gasteiger partial charge on any atom is -0.462 e. The topological polar surface area (TPSA) is 81.7 Å². The van der Waals surface area contributed by atoms with Gasteiger partial charge in [0.1, 0.15) is 18.2 Å². The van der Waals surface area contributed by atoms with Gasteiger partial charge in [-0.1, -0.05) is 98.8 Å². The Morgan fingerprint density at radius 1 is 1.03 bits per heavy atom. The Morgan fingerprint density at radius 2 is 1.66 bits per heavy atom. The Hall–Kier alpha value is -1.59. The molecule has 1 rings (SSSR count). The average molecular weight is 496 g/mol. The van der Waals surface area contributed by atoms with Gasteiger partial charge in [0, 0.05) is 6.42 Å². The summed E-state index contributed by atoms with van der Waals surface area (Å²) in [5.74, 6) is -0.738. The van der Waals surface area contributed by atoms with Crippen molar-refractivity contribution in [3.05, 3.63) is 0 Å². The van der Waals surface area contributed by atoms with Gasteiger partial charge in [-0.25, -0.2) is 4.79 Å². The summed E-state index contributed by atoms with van der Waals surface area (Å²) in [4.78, 5) is 37.2. The van der Waals surface area contributed by atoms with E-state index in [1.807, 2.05) is 13.8 Å². The fourth-order valence-electron chi connectivity index (χ4n) is 5.35. The van der Waals surface area contributed by atoms with Crippen LogP contribution in [0.3, 0.4) is 0 Å². The van der Waals surface area contributed by atoms with E-state index in [1.165, 1.54) is 44.9 Å². The molecule has 1 heterocycles. The van der Waals surface area contributed by atoms with Gasteiger partial charge < -0.3 is 14.8 Å². The largest absolute Gasteiger partial charge is 0.462 e. The molecule has 1 fully saturated rings. The van der Waals surface area contributed by atoms with Gasteiger partial charge in [0.15, 0.2) is 0 Å². The van der Waals surface area contributed by atoms with Crippen LogP contribution in [-0.2, 0) is 23.9 Å². The third-order valence-electron chi connectivity index (χ3n) is 7.30. The predicted molar refractivity (Wildman–Crippen MR) is 141 cm³/mol. The smallest absolute Gasteiger partial charge is 0.328 e. The van der Waals surface area contributed by atoms with Gasteiger partial charge in [-0.15, -0.1) is 0 Å². The molecule has 0 bridgehead atoms. The van der Waals surface area contributed by atoms with Crippen LogP contribution in [0, 0.1) is 17.8 Å². The second-order valence-electron chi connectivity index (χ2n) is 10.8. The molecule has 0 aliphatic carbocycles. The minimum absolute atomic E-state index is 0.126. The van der Waals surface area contributed by atoms with Crippen LogP contribution < -0.4 is 5.32 Å². The van der Waals surface area contributed by atoms with Crippen molar-refractivity contribution in [2.75, 3.05) is 0 Å². The van der Waals surface area contributed by atoms with E-state index >= 15 is 0 Å². The molecule has 1 N–H and O–H groups in total. The number of nitrogens with one attached hydrogen (secondary N) is 1. The summed E-state index contributed by atoms with van der Waals surface area (Å²) in [6.07, 6.45) is 15.7. The summed E-state index contributed by atoms with van der Waals surface area (Å²) in [6, 6.07) is -0.687. The lowest BCUT2D eigenvalue weighted by atomic mass is 9.79. The second kappa shape index (κ2) is 18.6. The first-order valence-electron chi connectivity index (χ1n) is 14.5. The molecular formula is C29H53NO5. The number of unbranched alkanes of at least 4 members (excludes halogenated alkanes) is 8. The Kier molecular flexibility index (Phi) is 16.8. The van der Waals surface area contributed by atoms with E-state index in [2.05, 4.69) is 26.1 Å². The number of carbonyl (C=O) groups excluding carboxylic acids is 3. The van der Waals surface area contributed by atoms with Gasteiger partial charge in [0.25, 0.3) is 0 Å². The van der Waals surface area contributed by atoms with Crippen molar-refractivity contribution in [3.8, 4) is 0 Å². The highest BCUT2D eigenvalue weighted by Crippen LogP contribution is 2.35. The molecule has 0 radical (unpaired) electrons. The Morgan fingerprint density at radius 3 is 2.20 bits per heavy atom. The quantitative estimate of drug-likeness (QED) is 0.115. The van der Waals surface area contributed by atoms with Gasteiger partial charge in [-0.3, -0.25) is 9.59 Å². The third-order valence-corrected chi connectivity index (χ3v) is 7.30. The maximum Gasteiger partial charge on any atom is 0.328 e. The van der Waals surface area contributed by atoms with Crippen molar-refractivity contribution in [2.45, 2.75) is 149 Å². The van der Waals surface area contributed by atoms with Crippen LogP contribution in [0.15, 0.2) is 0 Å². The fraction of sp³-hybridized carbons (Fsp3) is 0.897. The van der Waals surface area contributed by atoms with Crippen LogP contribution in [0.25, 0.3) is 0 Å². The summed E-state index contributed by atoms with van der Waals surface area (Å²) >= 11 is 0. The lowest BCUT2D eigenvalue weighted by Crippen LogP contribution is -2.49. The maximum atomic E-state index is 13.1. The molecule has 204 valence electrons. The fourth-order valence-corrected chi connectivity index (χ4v) is 5.35. The van der Waals surface area contributed by atoms with Crippen LogP contribution >= 0.6 is 0 Å². The van der Waals surface area contributed by atoms with Gasteiger partial charge in [0.2, 0.25) is 6.41 Å². The zero-order valence-corrected chi connectivity index (χ0v) is 23.2. The van der Waals surface area contributed by atoms with E-state index in [4.69, 9.17) is 9.47 Å². The van der Waals surface area contributed by atoms with Crippen molar-refractivity contribution in [1.29, 1.82) is 0 Å². The van der Waals surface area contributed by atoms with Crippen molar-refractivity contribution >= 4 is 18.3 Å². The molecule has 1 aliphatic heterocycles. The van der Waals surface area contributed by atoms with Crippen molar-refractivity contribution < 1.29 is 23.9 Å². The molecule has 0 aromatic heterocycles. The monoisotopic (exact) mass is 495 g/mol. The van der Waals surface area contributed by atoms with E-state index < -0.39 is 24.0 Å². The number of hydrogen-bond donors (Lipinski definition) is 1. The highest BCUT2D eigenvalue weighted by molar-refractivity contribution is 5.80. The molecule has 1 aliphatic rings. The molecule has 0 spiro atoms. The molecule has 35 heavy (non-hydrogen) atoms. The van der Waals surface area contributed by atoms with Gasteiger partial charge in [-0.2, -0.15) is 0 Å². The molecule has 6 heteroatoms. The number of esters is 2. The van der Waals surface area contributed by atoms with Gasteiger partial charge in [0.05, 0.1) is 5.92 Å². The zero-order chi connectivity index (χ0) is 26.1. The molecule has 0 saturated carbocycles. The van der Waals surface area contributed by atoms with Gasteiger partial charge in [-0.05, 0) is 37.5 Å². The first-order chi connectivity index (χ1) is 16.9. The van der Waals surface area contributed by atoms with E-state index in [-0.39, 0.29) is 23.9 Å². The van der Waals surface area contributed by atoms with E-state index in [0.29, 0.717) is 19.3 Å². The number of amides is 1. The lowest BCUT2D eigenvalue weighted by molar-refractivity contribution is -0.185. The first-order valence-corrected chi connectivity index (χ1v) is 14.5. The lowest BCUT2D eigenvalue weighted by Gasteiger charge is -2.39. The van der Waals surface area contributed by atoms with Crippen molar-refractivity contribution in [1.82, 2.24) is 5.32 Å². The number of cyclic esters (lactones) is 1. The van der Waals surface area contributed by atoms with Gasteiger partial charge >= 0.3 is 11.9 Å². The van der Waals surface area contributed by atoms with Crippen molar-refractivity contribution in [2.24, 2.45) is 17.8 Å². The summed E-state index contributed by atoms with van der Waals surface area (Å²) in [5, 5.41) is 2.61. The zero-order valence-electron chi connectivity index (χ0n) is 23.2. The SMILES string of the molecule is CCCCCCCCCCC[C@H]1C[C@H](OC(=O)[C@H](CC(C)C)NC=O)[C@H](C(CC)CCC)C(=O)O1. The number of ether oxygens (including phenoxy) is 2. The predicted octanol–water partition coefficient (Wildman–Crippen LogP) is 6.74. The van der Waals surface area contributed by atoms with Crippen molar-refractivity contribution in [3.63, 3.8) is 0 Å². The van der Waals surface area contributed by atoms with Crippen LogP contribution in [-0.4, -0.2) is 36.6 Å². The van der Waals surface area contributed by atoms with E-state index in [0.717, 1.165) is 38.5 Å². The minimum atomic E-state index is -0.687. The number of rotatable bonds is 20. The Balaban J connectivity index is 2.72. The highest BCUT2D eigenvalue weighted by Gasteiger charge is 2.44. The molecule has 0 aromatic rings. The number of carbonyl (C=O) groups is 3. The standard InChI is InChI=1S/C29H53NO5/c1-6-9-10-11-12-13-14-15-16-18-24-20-26(27(29(33)34-24)23(8-3)17-7-2)35-28(32)25(30-21-31)19-22(4)5/h21-27H,6-20H2,1-5H3,(H,30,31)/t23?,24-,25-,26-,27-/m0/s1. The molecule has 0 aromatic carbocycles. The van der Waals surface area contributed by atoms with Crippen LogP contribution in [0.5, 0.6) is 0 Å². The maximum absolute atomic E-state index is 13.1. The summed E-state index contributed by atoms with van der Waals surface area (Å²) in [5.41, 5.74) is 0. The molecule has 1 unspecified atom stereocenters. The molecule has 1 saturated heterocycles. The van der Waals surface area contributed by atoms with Crippen LogP contribution in [0.2, 0.25) is 0 Å². The highest BCUT2D eigenvalue weighted by atomic mass is 16.6. The Labute approximate surface area is 214 Å². The third kappa shape index (κ3) is 12.3. The number of hydrogen-bond acceptors (Lipinski definition) is 5. The summed E-state index contributed by atoms with van der Waals surface area (Å²) < 4.78 is 11.9. The second-order valence-corrected chi connectivity index (χ2v) is 10.8. The Bertz CT molecular complexity index is 594. The van der Waals surface area contributed by atoms with Crippen LogP contribution in [0.4, 0.5) is 0 Å². The first kappa shape index (κ1) is 31.4. The summed E-state index contributed by atoms with van der Waals surface area (Å²) in [7, 11) is 0. The van der Waals surface area contributed by atoms with E-state index in [1.54, 1.807) is 0 Å². The summed E-state index contributed by atoms with van der Waals surface area (Å²) in [6.45, 7) is 10.4. The van der Waals surface area contributed by atoms with Crippen LogP contribution in [0.1, 0.15) is 131 Å². The normalized spacial score (nSPS) is 21.9. The molecule has 5 atom stereocenters. The average Bonchev–Trinajstić information content (AvgIpc) is 2.81.